The molecule has 4 aromatic heterocycles. The van der Waals surface area contributed by atoms with Crippen LogP contribution < -0.4 is 17.0 Å². The van der Waals surface area contributed by atoms with Crippen molar-refractivity contribution in [2.75, 3.05) is 18.9 Å². The number of aromatic nitrogens is 8. The molecule has 10 atom stereocenters. The molecule has 2 aliphatic rings. The highest BCUT2D eigenvalue weighted by Crippen LogP contribution is 2.50. The van der Waals surface area contributed by atoms with Crippen LogP contribution in [0.4, 0.5) is 5.95 Å². The number of aliphatic hydroxyl groups excluding tert-OH is 3. The van der Waals surface area contributed by atoms with Gasteiger partial charge in [0.2, 0.25) is 5.95 Å². The Bertz CT molecular complexity index is 1950. The van der Waals surface area contributed by atoms with Crippen LogP contribution in [-0.4, -0.2) is 120 Å². The smallest absolute Gasteiger partial charge is 0.387 e. The maximum atomic E-state index is 13.1. The molecule has 0 bridgehead atoms. The second-order valence-electron chi connectivity index (χ2n) is 10.2. The van der Waals surface area contributed by atoms with Crippen molar-refractivity contribution in [1.29, 1.82) is 0 Å². The number of phosphoric ester groups is 1. The van der Waals surface area contributed by atoms with Gasteiger partial charge in [0.05, 0.1) is 19.3 Å². The van der Waals surface area contributed by atoms with Crippen molar-refractivity contribution in [2.45, 2.75) is 49.1 Å². The number of phosphoric acid groups is 1. The maximum absolute atomic E-state index is 13.1. The maximum Gasteiger partial charge on any atom is 0.694 e. The molecule has 252 valence electrons. The van der Waals surface area contributed by atoms with E-state index < -0.39 is 89.8 Å². The molecule has 10 N–H and O–H groups in total. The number of primary amides is 1. The van der Waals surface area contributed by atoms with Crippen molar-refractivity contribution < 1.29 is 62.1 Å². The van der Waals surface area contributed by atoms with Gasteiger partial charge in [-0.15, -0.1) is 9.42 Å². The topological polar surface area (TPSA) is 358 Å². The van der Waals surface area contributed by atoms with Crippen molar-refractivity contribution >= 4 is 50.3 Å². The van der Waals surface area contributed by atoms with E-state index in [0.29, 0.717) is 0 Å². The minimum Gasteiger partial charge on any atom is -0.387 e. The van der Waals surface area contributed by atoms with Crippen LogP contribution in [0.2, 0.25) is 0 Å². The lowest BCUT2D eigenvalue weighted by atomic mass is 10.1. The molecular formula is C21H25N10O14P2+. The Kier molecular flexibility index (Phi) is 8.86. The Labute approximate surface area is 260 Å². The highest BCUT2D eigenvalue weighted by atomic mass is 31.2. The molecule has 6 heterocycles. The fourth-order valence-electron chi connectivity index (χ4n) is 5.13. The second kappa shape index (κ2) is 12.6. The summed E-state index contributed by atoms with van der Waals surface area (Å²) in [5.41, 5.74) is 9.67. The molecular weight excluding hydrogens is 678 g/mol. The van der Waals surface area contributed by atoms with E-state index in [9.17, 15) is 38.9 Å². The van der Waals surface area contributed by atoms with Gasteiger partial charge in [-0.25, -0.2) is 24.5 Å². The summed E-state index contributed by atoms with van der Waals surface area (Å²) in [5.74, 6) is -1.20. The van der Waals surface area contributed by atoms with E-state index >= 15 is 0 Å². The Morgan fingerprint density at radius 1 is 1.00 bits per heavy atom. The number of aromatic amines is 1. The van der Waals surface area contributed by atoms with Gasteiger partial charge in [0.1, 0.15) is 55.1 Å². The van der Waals surface area contributed by atoms with E-state index in [1.807, 2.05) is 0 Å². The molecule has 26 heteroatoms. The molecule has 47 heavy (non-hydrogen) atoms. The average Bonchev–Trinajstić information content (AvgIpc) is 3.76. The van der Waals surface area contributed by atoms with Gasteiger partial charge in [-0.3, -0.25) is 32.8 Å². The standard InChI is InChI=1S/C21H24N10O14P2/c22-15(35)8-9-16(25-3-24-8)30(4-26-9)19-13(34)11(32)7(43-19)2-42-47(39,40)45-14-12(33)6(1-41-46(37)38)44-20(14)31-5-27-10-17(31)28-21(23)29-18(10)36/h3-7,11-14,19-20,32-34H,1-2H2,(H6-,22,23,28,29,35,36,37,38,39,40)/p+1/t6-,7-,11-,12-,13-,14-,19-,20-/m1/s1. The summed E-state index contributed by atoms with van der Waals surface area (Å²) in [6.45, 7) is -1.51. The van der Waals surface area contributed by atoms with Crippen molar-refractivity contribution in [2.24, 2.45) is 5.73 Å². The van der Waals surface area contributed by atoms with Crippen LogP contribution in [0, 0.1) is 0 Å². The average molecular weight is 703 g/mol. The van der Waals surface area contributed by atoms with Gasteiger partial charge < -0.3 is 41.2 Å². The van der Waals surface area contributed by atoms with E-state index in [0.717, 1.165) is 23.5 Å². The van der Waals surface area contributed by atoms with Gasteiger partial charge in [0.25, 0.3) is 11.5 Å². The van der Waals surface area contributed by atoms with Crippen LogP contribution in [0.25, 0.3) is 22.3 Å². The highest BCUT2D eigenvalue weighted by molar-refractivity contribution is 7.47. The zero-order valence-corrected chi connectivity index (χ0v) is 25.1. The number of nitrogens with one attached hydrogen (secondary N) is 1. The van der Waals surface area contributed by atoms with Crippen LogP contribution in [-0.2, 0) is 32.2 Å². The predicted molar refractivity (Wildman–Crippen MR) is 149 cm³/mol. The molecule has 4 aromatic rings. The zero-order valence-electron chi connectivity index (χ0n) is 23.4. The molecule has 0 spiro atoms. The third-order valence-electron chi connectivity index (χ3n) is 7.25. The first-order valence-corrected chi connectivity index (χ1v) is 15.9. The summed E-state index contributed by atoms with van der Waals surface area (Å²) in [6, 6.07) is 0. The van der Waals surface area contributed by atoms with Crippen molar-refractivity contribution in [1.82, 2.24) is 39.0 Å². The number of hydrogen-bond donors (Lipinski definition) is 8. The number of hydrogen-bond acceptors (Lipinski definition) is 18. The molecule has 2 saturated heterocycles. The normalized spacial score (nSPS) is 29.4. The van der Waals surface area contributed by atoms with Gasteiger partial charge in [-0.1, -0.05) is 0 Å². The number of aliphatic hydroxyl groups is 3. The van der Waals surface area contributed by atoms with E-state index in [1.165, 1.54) is 4.57 Å². The molecule has 0 saturated carbocycles. The van der Waals surface area contributed by atoms with Crippen molar-refractivity contribution in [3.05, 3.63) is 35.0 Å². The predicted octanol–water partition coefficient (Wildman–Crippen LogP) is -3.31. The fourth-order valence-corrected chi connectivity index (χ4v) is 6.33. The molecule has 2 unspecified atom stereocenters. The lowest BCUT2D eigenvalue weighted by molar-refractivity contribution is -0.0609. The fraction of sp³-hybridized carbons (Fsp3) is 0.476. The van der Waals surface area contributed by atoms with Gasteiger partial charge >= 0.3 is 16.1 Å². The number of imidazole rings is 2. The van der Waals surface area contributed by atoms with Gasteiger partial charge in [-0.05, 0) is 0 Å². The minimum atomic E-state index is -5.20. The number of fused-ring (bicyclic) bond motifs is 2. The van der Waals surface area contributed by atoms with Gasteiger partial charge in [-0.2, -0.15) is 4.98 Å². The number of anilines is 1. The quantitative estimate of drug-likeness (QED) is 0.0708. The number of ether oxygens (including phenoxy) is 2. The molecule has 1 amide bonds. The molecule has 0 aliphatic carbocycles. The number of rotatable bonds is 11. The molecule has 6 rings (SSSR count). The number of nitrogen functional groups attached to an aromatic ring is 1. The minimum absolute atomic E-state index is 0.00661. The molecule has 2 fully saturated rings. The van der Waals surface area contributed by atoms with Gasteiger partial charge in [0.15, 0.2) is 35.0 Å². The molecule has 0 aromatic carbocycles. The number of carbonyl (C=O) groups excluding carboxylic acids is 1. The van der Waals surface area contributed by atoms with Crippen LogP contribution in [0.3, 0.4) is 0 Å². The third kappa shape index (κ3) is 6.25. The number of carbonyl (C=O) groups is 1. The molecule has 0 radical (unpaired) electrons. The molecule has 2 aliphatic heterocycles. The summed E-state index contributed by atoms with van der Waals surface area (Å²) in [7, 11) is -8.32. The monoisotopic (exact) mass is 703 g/mol. The summed E-state index contributed by atoms with van der Waals surface area (Å²) < 4.78 is 52.8. The Morgan fingerprint density at radius 2 is 1.66 bits per heavy atom. The van der Waals surface area contributed by atoms with E-state index in [4.69, 9.17) is 34.9 Å². The van der Waals surface area contributed by atoms with Crippen molar-refractivity contribution in [3.63, 3.8) is 0 Å². The summed E-state index contributed by atoms with van der Waals surface area (Å²) in [4.78, 5) is 65.6. The zero-order chi connectivity index (χ0) is 33.8. The Hall–Kier alpha value is -3.90. The van der Waals surface area contributed by atoms with Crippen LogP contribution >= 0.6 is 16.1 Å². The van der Waals surface area contributed by atoms with Gasteiger partial charge in [0, 0.05) is 4.57 Å². The molecule has 24 nitrogen and oxygen atoms in total. The summed E-state index contributed by atoms with van der Waals surface area (Å²) in [6.07, 6.45) is -9.40. The lowest BCUT2D eigenvalue weighted by Gasteiger charge is -2.24. The highest BCUT2D eigenvalue weighted by Gasteiger charge is 2.51. The van der Waals surface area contributed by atoms with Crippen LogP contribution in [0.15, 0.2) is 23.8 Å². The number of nitrogens with zero attached hydrogens (tertiary/aromatic N) is 7. The Balaban J connectivity index is 1.20. The second-order valence-corrected chi connectivity index (χ2v) is 12.3. The van der Waals surface area contributed by atoms with Crippen LogP contribution in [0.5, 0.6) is 0 Å². The number of amides is 1. The third-order valence-corrected chi connectivity index (χ3v) is 8.60. The van der Waals surface area contributed by atoms with E-state index in [-0.39, 0.29) is 34.0 Å². The SMILES string of the molecule is NC(=O)c1ncnc2c1ncn2[C@@H]1O[C@H](COP(=O)(O)O[C@@H]2[C@H](O)[C@@H](CO[P+](=O)O)O[C@H]2n2cnc3c(=O)[nH]c(N)nc32)[C@@H](O)[C@H]1O. The first kappa shape index (κ1) is 33.0. The summed E-state index contributed by atoms with van der Waals surface area (Å²) in [5, 5.41) is 32.3. The van der Waals surface area contributed by atoms with E-state index in [1.54, 1.807) is 0 Å². The first-order valence-electron chi connectivity index (χ1n) is 13.2. The largest absolute Gasteiger partial charge is 0.694 e. The number of H-pyrrole nitrogens is 1. The summed E-state index contributed by atoms with van der Waals surface area (Å²) >= 11 is 0. The Morgan fingerprint density at radius 3 is 2.36 bits per heavy atom. The first-order chi connectivity index (χ1) is 22.3. The number of nitrogens with two attached hydrogens (primary N) is 2. The lowest BCUT2D eigenvalue weighted by Crippen LogP contribution is -2.36. The van der Waals surface area contributed by atoms with Crippen LogP contribution in [0.1, 0.15) is 22.9 Å². The van der Waals surface area contributed by atoms with Crippen molar-refractivity contribution in [3.8, 4) is 0 Å². The van der Waals surface area contributed by atoms with E-state index in [2.05, 4.69) is 34.4 Å².